The van der Waals surface area contributed by atoms with Crippen LogP contribution in [0, 0.1) is 6.92 Å². The largest absolute Gasteiger partial charge is 0.491 e. The van der Waals surface area contributed by atoms with Crippen molar-refractivity contribution >= 4 is 11.6 Å². The Morgan fingerprint density at radius 1 is 1.08 bits per heavy atom. The van der Waals surface area contributed by atoms with Crippen molar-refractivity contribution in [2.75, 3.05) is 5.32 Å². The normalized spacial score (nSPS) is 10.8. The van der Waals surface area contributed by atoms with Crippen molar-refractivity contribution in [3.05, 3.63) is 81.8 Å². The van der Waals surface area contributed by atoms with Gasteiger partial charge in [0.05, 0.1) is 11.8 Å². The van der Waals surface area contributed by atoms with E-state index in [1.54, 1.807) is 0 Å². The number of hydrogen-bond donors (Lipinski definition) is 2. The molecule has 0 radical (unpaired) electrons. The van der Waals surface area contributed by atoms with Gasteiger partial charge in [0.15, 0.2) is 0 Å². The minimum atomic E-state index is -0.122. The highest BCUT2D eigenvalue weighted by molar-refractivity contribution is 5.54. The fraction of sp³-hybridized carbons (Fsp3) is 0.238. The Balaban J connectivity index is 1.76. The average Bonchev–Trinajstić information content (AvgIpc) is 2.60. The van der Waals surface area contributed by atoms with Crippen LogP contribution in [0.5, 0.6) is 5.75 Å². The molecule has 1 aromatic heterocycles. The van der Waals surface area contributed by atoms with Crippen molar-refractivity contribution in [2.24, 2.45) is 0 Å². The molecular formula is C21H23N3O2. The molecule has 0 atom stereocenters. The van der Waals surface area contributed by atoms with Crippen LogP contribution in [0.4, 0.5) is 11.6 Å². The maximum absolute atomic E-state index is 12.5. The van der Waals surface area contributed by atoms with E-state index >= 15 is 0 Å². The zero-order valence-electron chi connectivity index (χ0n) is 15.2. The lowest BCUT2D eigenvalue weighted by Crippen LogP contribution is -2.18. The zero-order chi connectivity index (χ0) is 18.5. The third-order valence-corrected chi connectivity index (χ3v) is 3.93. The second-order valence-electron chi connectivity index (χ2n) is 6.46. The van der Waals surface area contributed by atoms with Gasteiger partial charge < -0.3 is 10.1 Å². The highest BCUT2D eigenvalue weighted by Crippen LogP contribution is 2.19. The van der Waals surface area contributed by atoms with Crippen LogP contribution >= 0.6 is 0 Å². The van der Waals surface area contributed by atoms with Crippen molar-refractivity contribution in [2.45, 2.75) is 33.3 Å². The van der Waals surface area contributed by atoms with Gasteiger partial charge in [0.25, 0.3) is 5.56 Å². The number of aromatic nitrogens is 2. The predicted octanol–water partition coefficient (Wildman–Crippen LogP) is 4.20. The molecule has 0 spiro atoms. The molecule has 0 unspecified atom stereocenters. The van der Waals surface area contributed by atoms with Crippen molar-refractivity contribution < 1.29 is 4.74 Å². The second-order valence-corrected chi connectivity index (χ2v) is 6.46. The fourth-order valence-electron chi connectivity index (χ4n) is 2.70. The Hall–Kier alpha value is -3.08. The molecule has 134 valence electrons. The topological polar surface area (TPSA) is 67.0 Å². The first-order valence-corrected chi connectivity index (χ1v) is 8.69. The quantitative estimate of drug-likeness (QED) is 0.700. The van der Waals surface area contributed by atoms with E-state index < -0.39 is 0 Å². The predicted molar refractivity (Wildman–Crippen MR) is 104 cm³/mol. The van der Waals surface area contributed by atoms with Crippen molar-refractivity contribution in [3.8, 4) is 5.75 Å². The Morgan fingerprint density at radius 2 is 1.77 bits per heavy atom. The summed E-state index contributed by atoms with van der Waals surface area (Å²) in [5.41, 5.74) is 3.20. The van der Waals surface area contributed by atoms with Crippen molar-refractivity contribution in [3.63, 3.8) is 0 Å². The standard InChI is InChI=1S/C21H23N3O2/c1-14(2)26-18-11-9-17(10-12-18)23-21-22-15(3)19(20(25)24-21)13-16-7-5-4-6-8-16/h4-12,14H,13H2,1-3H3,(H2,22,23,24,25). The van der Waals surface area contributed by atoms with Gasteiger partial charge in [-0.1, -0.05) is 30.3 Å². The van der Waals surface area contributed by atoms with Crippen LogP contribution in [0.15, 0.2) is 59.4 Å². The van der Waals surface area contributed by atoms with Crippen LogP contribution in [0.1, 0.15) is 30.7 Å². The third-order valence-electron chi connectivity index (χ3n) is 3.93. The van der Waals surface area contributed by atoms with E-state index in [1.165, 1.54) is 0 Å². The van der Waals surface area contributed by atoms with Crippen molar-refractivity contribution in [1.82, 2.24) is 9.97 Å². The maximum atomic E-state index is 12.5. The van der Waals surface area contributed by atoms with Gasteiger partial charge in [-0.05, 0) is 50.6 Å². The lowest BCUT2D eigenvalue weighted by Gasteiger charge is -2.12. The highest BCUT2D eigenvalue weighted by atomic mass is 16.5. The maximum Gasteiger partial charge on any atom is 0.256 e. The molecule has 2 N–H and O–H groups in total. The number of benzene rings is 2. The van der Waals surface area contributed by atoms with Crippen LogP contribution in [0.25, 0.3) is 0 Å². The van der Waals surface area contributed by atoms with E-state index in [0.29, 0.717) is 17.9 Å². The van der Waals surface area contributed by atoms with Gasteiger partial charge in [-0.15, -0.1) is 0 Å². The van der Waals surface area contributed by atoms with Crippen LogP contribution in [0.2, 0.25) is 0 Å². The molecule has 0 saturated carbocycles. The molecule has 1 heterocycles. The van der Waals surface area contributed by atoms with E-state index in [4.69, 9.17) is 4.74 Å². The van der Waals surface area contributed by atoms with Crippen LogP contribution in [-0.2, 0) is 6.42 Å². The highest BCUT2D eigenvalue weighted by Gasteiger charge is 2.09. The van der Waals surface area contributed by atoms with Gasteiger partial charge in [0, 0.05) is 17.7 Å². The molecule has 0 saturated heterocycles. The SMILES string of the molecule is Cc1nc(Nc2ccc(OC(C)C)cc2)[nH]c(=O)c1Cc1ccccc1. The van der Waals surface area contributed by atoms with Gasteiger partial charge in [0.1, 0.15) is 5.75 Å². The van der Waals surface area contributed by atoms with Gasteiger partial charge in [-0.2, -0.15) is 0 Å². The number of aromatic amines is 1. The first kappa shape index (κ1) is 17.7. The smallest absolute Gasteiger partial charge is 0.256 e. The number of rotatable bonds is 6. The molecule has 0 bridgehead atoms. The van der Waals surface area contributed by atoms with E-state index in [-0.39, 0.29) is 11.7 Å². The van der Waals surface area contributed by atoms with E-state index in [2.05, 4.69) is 15.3 Å². The summed E-state index contributed by atoms with van der Waals surface area (Å²) in [7, 11) is 0. The monoisotopic (exact) mass is 349 g/mol. The van der Waals surface area contributed by atoms with Crippen LogP contribution < -0.4 is 15.6 Å². The summed E-state index contributed by atoms with van der Waals surface area (Å²) < 4.78 is 5.63. The summed E-state index contributed by atoms with van der Waals surface area (Å²) in [6, 6.07) is 17.5. The number of aryl methyl sites for hydroxylation is 1. The Labute approximate surface area is 153 Å². The molecular weight excluding hydrogens is 326 g/mol. The molecule has 2 aromatic carbocycles. The molecule has 0 aliphatic carbocycles. The molecule has 5 heteroatoms. The molecule has 0 aliphatic rings. The second kappa shape index (κ2) is 7.87. The van der Waals surface area contributed by atoms with Crippen LogP contribution in [0.3, 0.4) is 0 Å². The molecule has 5 nitrogen and oxygen atoms in total. The lowest BCUT2D eigenvalue weighted by atomic mass is 10.1. The number of nitrogens with zero attached hydrogens (tertiary/aromatic N) is 1. The average molecular weight is 349 g/mol. The number of hydrogen-bond acceptors (Lipinski definition) is 4. The molecule has 0 aliphatic heterocycles. The number of ether oxygens (including phenoxy) is 1. The lowest BCUT2D eigenvalue weighted by molar-refractivity contribution is 0.242. The van der Waals surface area contributed by atoms with Crippen LogP contribution in [-0.4, -0.2) is 16.1 Å². The summed E-state index contributed by atoms with van der Waals surface area (Å²) in [6.45, 7) is 5.83. The minimum absolute atomic E-state index is 0.122. The van der Waals surface area contributed by atoms with Gasteiger partial charge in [-0.25, -0.2) is 4.98 Å². The fourth-order valence-corrected chi connectivity index (χ4v) is 2.70. The van der Waals surface area contributed by atoms with E-state index in [1.807, 2.05) is 75.4 Å². The number of anilines is 2. The summed E-state index contributed by atoms with van der Waals surface area (Å²) in [6.07, 6.45) is 0.697. The number of nitrogens with one attached hydrogen (secondary N) is 2. The van der Waals surface area contributed by atoms with E-state index in [9.17, 15) is 4.79 Å². The molecule has 26 heavy (non-hydrogen) atoms. The summed E-state index contributed by atoms with van der Waals surface area (Å²) in [5, 5.41) is 3.13. The zero-order valence-corrected chi connectivity index (χ0v) is 15.2. The van der Waals surface area contributed by atoms with Gasteiger partial charge in [0.2, 0.25) is 5.95 Å². The third kappa shape index (κ3) is 4.51. The Kier molecular flexibility index (Phi) is 5.37. The molecule has 0 amide bonds. The van der Waals surface area contributed by atoms with Crippen molar-refractivity contribution in [1.29, 1.82) is 0 Å². The number of H-pyrrole nitrogens is 1. The minimum Gasteiger partial charge on any atom is -0.491 e. The van der Waals surface area contributed by atoms with Gasteiger partial charge >= 0.3 is 0 Å². The first-order chi connectivity index (χ1) is 12.5. The molecule has 0 fully saturated rings. The molecule has 3 aromatic rings. The first-order valence-electron chi connectivity index (χ1n) is 8.69. The summed E-state index contributed by atoms with van der Waals surface area (Å²) >= 11 is 0. The van der Waals surface area contributed by atoms with E-state index in [0.717, 1.165) is 22.7 Å². The van der Waals surface area contributed by atoms with Gasteiger partial charge in [-0.3, -0.25) is 9.78 Å². The Bertz CT molecular complexity index is 916. The summed E-state index contributed by atoms with van der Waals surface area (Å²) in [4.78, 5) is 19.8. The summed E-state index contributed by atoms with van der Waals surface area (Å²) in [5.74, 6) is 1.24. The molecule has 3 rings (SSSR count). The Morgan fingerprint density at radius 3 is 2.38 bits per heavy atom.